The van der Waals surface area contributed by atoms with Gasteiger partial charge in [-0.15, -0.1) is 0 Å². The van der Waals surface area contributed by atoms with E-state index in [0.717, 1.165) is 33.1 Å². The Balaban J connectivity index is 1.30. The maximum Gasteiger partial charge on any atom is 0.314 e. The van der Waals surface area contributed by atoms with Crippen molar-refractivity contribution < 1.29 is 22.4 Å². The second kappa shape index (κ2) is 9.62. The third kappa shape index (κ3) is 4.56. The van der Waals surface area contributed by atoms with Gasteiger partial charge in [0.05, 0.1) is 21.6 Å². The molecule has 4 heterocycles. The first-order chi connectivity index (χ1) is 19.7. The van der Waals surface area contributed by atoms with E-state index in [1.54, 1.807) is 30.3 Å². The number of hydrazone groups is 1. The van der Waals surface area contributed by atoms with Crippen LogP contribution in [0.4, 0.5) is 4.79 Å². The SMILES string of the molecule is NS(=O)(=O)c1ccc(-c2ccc(C=C3SC(=O)NC34Oc3ccc(Br)cc3C3CC(c5ccccc5)=NN34)o2)cc1. The van der Waals surface area contributed by atoms with Crippen LogP contribution in [0.15, 0.2) is 109 Å². The number of primary sulfonamides is 1. The van der Waals surface area contributed by atoms with Crippen molar-refractivity contribution in [1.82, 2.24) is 10.3 Å². The molecular formula is C29H21BrN4O5S2. The highest BCUT2D eigenvalue weighted by molar-refractivity contribution is 9.10. The van der Waals surface area contributed by atoms with E-state index >= 15 is 0 Å². The normalized spacial score (nSPS) is 22.3. The smallest absolute Gasteiger partial charge is 0.314 e. The molecule has 4 aromatic rings. The summed E-state index contributed by atoms with van der Waals surface area (Å²) in [5.41, 5.74) is 3.53. The number of furan rings is 1. The van der Waals surface area contributed by atoms with E-state index in [9.17, 15) is 13.2 Å². The first-order valence-corrected chi connectivity index (χ1v) is 15.7. The Morgan fingerprint density at radius 1 is 1.05 bits per heavy atom. The van der Waals surface area contributed by atoms with Gasteiger partial charge in [0, 0.05) is 22.0 Å². The van der Waals surface area contributed by atoms with Gasteiger partial charge < -0.3 is 9.15 Å². The number of nitrogens with one attached hydrogen (secondary N) is 1. The van der Waals surface area contributed by atoms with Crippen LogP contribution in [0.5, 0.6) is 5.75 Å². The molecule has 0 saturated carbocycles. The lowest BCUT2D eigenvalue weighted by atomic mass is 9.96. The number of ether oxygens (including phenoxy) is 1. The fourth-order valence-electron chi connectivity index (χ4n) is 5.22. The minimum atomic E-state index is -3.80. The number of hydrogen-bond donors (Lipinski definition) is 2. The van der Waals surface area contributed by atoms with Crippen LogP contribution >= 0.6 is 27.7 Å². The molecule has 12 heteroatoms. The molecule has 1 aromatic heterocycles. The standard InChI is InChI=1S/C29H21BrN4O5S2/c30-19-8-12-26-22(14-19)24-16-23(17-4-2-1-3-5-17)33-34(24)29(39-26)27(40-28(35)32-29)15-20-9-13-25(38-20)18-6-10-21(11-7-18)41(31,36)37/h1-15,24H,16H2,(H,32,35)(H2,31,36,37). The van der Waals surface area contributed by atoms with Gasteiger partial charge in [-0.05, 0) is 78.0 Å². The zero-order valence-corrected chi connectivity index (χ0v) is 24.4. The number of sulfonamides is 1. The first-order valence-electron chi connectivity index (χ1n) is 12.6. The van der Waals surface area contributed by atoms with Crippen LogP contribution in [-0.4, -0.2) is 30.2 Å². The Hall–Kier alpha value is -3.84. The maximum atomic E-state index is 12.9. The summed E-state index contributed by atoms with van der Waals surface area (Å²) in [6, 6.07) is 25.2. The zero-order valence-electron chi connectivity index (χ0n) is 21.2. The van der Waals surface area contributed by atoms with Crippen molar-refractivity contribution >= 4 is 54.7 Å². The maximum absolute atomic E-state index is 12.9. The molecule has 3 aromatic carbocycles. The Kier molecular flexibility index (Phi) is 6.12. The monoisotopic (exact) mass is 648 g/mol. The van der Waals surface area contributed by atoms with Crippen molar-refractivity contribution in [3.8, 4) is 17.1 Å². The second-order valence-electron chi connectivity index (χ2n) is 9.70. The molecule has 3 aliphatic rings. The summed E-state index contributed by atoms with van der Waals surface area (Å²) in [7, 11) is -3.80. The number of amides is 1. The number of carbonyl (C=O) groups is 1. The predicted molar refractivity (Wildman–Crippen MR) is 159 cm³/mol. The number of halogens is 1. The average Bonchev–Trinajstić information content (AvgIpc) is 3.68. The molecule has 7 rings (SSSR count). The highest BCUT2D eigenvalue weighted by Gasteiger charge is 2.58. The molecule has 3 aliphatic heterocycles. The van der Waals surface area contributed by atoms with E-state index in [2.05, 4.69) is 21.2 Å². The van der Waals surface area contributed by atoms with Crippen molar-refractivity contribution in [3.05, 3.63) is 111 Å². The fraction of sp³-hybridized carbons (Fsp3) is 0.103. The lowest BCUT2D eigenvalue weighted by molar-refractivity contribution is -0.0949. The molecule has 1 fully saturated rings. The van der Waals surface area contributed by atoms with E-state index in [1.807, 2.05) is 53.5 Å². The van der Waals surface area contributed by atoms with E-state index in [-0.39, 0.29) is 16.2 Å². The van der Waals surface area contributed by atoms with E-state index in [0.29, 0.717) is 34.2 Å². The molecule has 9 nitrogen and oxygen atoms in total. The number of thioether (sulfide) groups is 1. The summed E-state index contributed by atoms with van der Waals surface area (Å²) >= 11 is 4.60. The molecule has 206 valence electrons. The summed E-state index contributed by atoms with van der Waals surface area (Å²) in [4.78, 5) is 13.5. The zero-order chi connectivity index (χ0) is 28.4. The Morgan fingerprint density at radius 3 is 2.59 bits per heavy atom. The molecule has 0 radical (unpaired) electrons. The van der Waals surface area contributed by atoms with E-state index < -0.39 is 15.9 Å². The van der Waals surface area contributed by atoms with Crippen LogP contribution in [0, 0.1) is 0 Å². The lowest BCUT2D eigenvalue weighted by Crippen LogP contribution is -2.61. The summed E-state index contributed by atoms with van der Waals surface area (Å²) in [6.45, 7) is 0. The third-order valence-electron chi connectivity index (χ3n) is 7.10. The number of nitrogens with zero attached hydrogens (tertiary/aromatic N) is 2. The van der Waals surface area contributed by atoms with Crippen LogP contribution in [0.1, 0.15) is 29.3 Å². The molecule has 0 bridgehead atoms. The van der Waals surface area contributed by atoms with Gasteiger partial charge in [-0.1, -0.05) is 46.3 Å². The molecule has 1 saturated heterocycles. The minimum Gasteiger partial charge on any atom is -0.457 e. The highest BCUT2D eigenvalue weighted by Crippen LogP contribution is 2.53. The second-order valence-corrected chi connectivity index (χ2v) is 13.2. The summed E-state index contributed by atoms with van der Waals surface area (Å²) in [5, 5.41) is 14.8. The van der Waals surface area contributed by atoms with Gasteiger partial charge >= 0.3 is 5.85 Å². The summed E-state index contributed by atoms with van der Waals surface area (Å²) in [6.07, 6.45) is 2.40. The molecule has 1 amide bonds. The van der Waals surface area contributed by atoms with E-state index in [4.69, 9.17) is 19.4 Å². The van der Waals surface area contributed by atoms with Gasteiger partial charge in [0.25, 0.3) is 5.24 Å². The third-order valence-corrected chi connectivity index (χ3v) is 9.43. The predicted octanol–water partition coefficient (Wildman–Crippen LogP) is 6.05. The summed E-state index contributed by atoms with van der Waals surface area (Å²) < 4.78 is 36.8. The fourth-order valence-corrected chi connectivity index (χ4v) is 7.00. The molecular weight excluding hydrogens is 628 g/mol. The molecule has 41 heavy (non-hydrogen) atoms. The largest absolute Gasteiger partial charge is 0.457 e. The van der Waals surface area contributed by atoms with Crippen LogP contribution < -0.4 is 15.2 Å². The Labute approximate surface area is 248 Å². The molecule has 2 unspecified atom stereocenters. The van der Waals surface area contributed by atoms with Gasteiger partial charge in [0.15, 0.2) is 0 Å². The lowest BCUT2D eigenvalue weighted by Gasteiger charge is -2.45. The van der Waals surface area contributed by atoms with Crippen LogP contribution in [-0.2, 0) is 10.0 Å². The quantitative estimate of drug-likeness (QED) is 0.276. The Bertz CT molecular complexity index is 1870. The van der Waals surface area contributed by atoms with Gasteiger partial charge in [-0.25, -0.2) is 18.6 Å². The summed E-state index contributed by atoms with van der Waals surface area (Å²) in [5.74, 6) is 0.302. The number of hydrogen-bond acceptors (Lipinski definition) is 8. The van der Waals surface area contributed by atoms with Crippen LogP contribution in [0.3, 0.4) is 0 Å². The Morgan fingerprint density at radius 2 is 1.83 bits per heavy atom. The number of rotatable bonds is 4. The number of nitrogens with two attached hydrogens (primary N) is 1. The van der Waals surface area contributed by atoms with Crippen LogP contribution in [0.25, 0.3) is 17.4 Å². The van der Waals surface area contributed by atoms with Crippen molar-refractivity contribution in [1.29, 1.82) is 0 Å². The minimum absolute atomic E-state index is 0.0152. The van der Waals surface area contributed by atoms with Crippen molar-refractivity contribution in [2.45, 2.75) is 23.2 Å². The molecule has 3 N–H and O–H groups in total. The van der Waals surface area contributed by atoms with Gasteiger partial charge in [-0.3, -0.25) is 10.1 Å². The number of fused-ring (bicyclic) bond motifs is 4. The van der Waals surface area contributed by atoms with Crippen LogP contribution in [0.2, 0.25) is 0 Å². The molecule has 2 atom stereocenters. The molecule has 0 aliphatic carbocycles. The number of carbonyl (C=O) groups excluding carboxylic acids is 1. The van der Waals surface area contributed by atoms with Gasteiger partial charge in [0.2, 0.25) is 10.0 Å². The van der Waals surface area contributed by atoms with Gasteiger partial charge in [0.1, 0.15) is 17.3 Å². The van der Waals surface area contributed by atoms with E-state index in [1.165, 1.54) is 12.1 Å². The topological polar surface area (TPSA) is 127 Å². The average molecular weight is 650 g/mol. The van der Waals surface area contributed by atoms with Crippen molar-refractivity contribution in [2.24, 2.45) is 10.2 Å². The van der Waals surface area contributed by atoms with Gasteiger partial charge in [-0.2, -0.15) is 5.10 Å². The number of benzene rings is 3. The molecule has 1 spiro atoms. The van der Waals surface area contributed by atoms with Crippen molar-refractivity contribution in [3.63, 3.8) is 0 Å². The first kappa shape index (κ1) is 26.1. The van der Waals surface area contributed by atoms with Crippen molar-refractivity contribution in [2.75, 3.05) is 0 Å². The highest BCUT2D eigenvalue weighted by atomic mass is 79.9.